The first kappa shape index (κ1) is 14.0. The van der Waals surface area contributed by atoms with Crippen LogP contribution in [0, 0.1) is 0 Å². The van der Waals surface area contributed by atoms with Crippen molar-refractivity contribution in [3.05, 3.63) is 39.6 Å². The Hall–Kier alpha value is -1.92. The Bertz CT molecular complexity index is 738. The van der Waals surface area contributed by atoms with Crippen LogP contribution in [0.3, 0.4) is 0 Å². The minimum atomic E-state index is -0.205. The molecule has 0 radical (unpaired) electrons. The van der Waals surface area contributed by atoms with Crippen LogP contribution >= 0.6 is 11.6 Å². The van der Waals surface area contributed by atoms with Gasteiger partial charge < -0.3 is 9.64 Å². The first-order valence-electron chi connectivity index (χ1n) is 6.71. The zero-order valence-electron chi connectivity index (χ0n) is 11.3. The Kier molecular flexibility index (Phi) is 3.90. The maximum absolute atomic E-state index is 12.2. The molecule has 0 unspecified atom stereocenters. The third kappa shape index (κ3) is 2.91. The quantitative estimate of drug-likeness (QED) is 0.813. The smallest absolute Gasteiger partial charge is 0.291 e. The molecule has 2 heterocycles. The van der Waals surface area contributed by atoms with Gasteiger partial charge in [0, 0.05) is 13.1 Å². The summed E-state index contributed by atoms with van der Waals surface area (Å²) in [6, 6.07) is 5.19. The molecule has 0 bridgehead atoms. The summed E-state index contributed by atoms with van der Waals surface area (Å²) < 4.78 is 6.72. The maximum atomic E-state index is 12.2. The Morgan fingerprint density at radius 2 is 2.14 bits per heavy atom. The number of carbonyl (C=O) groups excluding carboxylic acids is 1. The van der Waals surface area contributed by atoms with Crippen molar-refractivity contribution >= 4 is 28.4 Å². The Morgan fingerprint density at radius 1 is 1.38 bits per heavy atom. The first-order valence-corrected chi connectivity index (χ1v) is 7.09. The molecule has 21 heavy (non-hydrogen) atoms. The van der Waals surface area contributed by atoms with Crippen LogP contribution in [0.25, 0.3) is 10.9 Å². The molecule has 110 valence electrons. The summed E-state index contributed by atoms with van der Waals surface area (Å²) in [5.74, 6) is -0.0414. The molecule has 1 aliphatic heterocycles. The minimum absolute atomic E-state index is 0.0414. The second-order valence-electron chi connectivity index (χ2n) is 4.89. The van der Waals surface area contributed by atoms with Gasteiger partial charge in [-0.25, -0.2) is 0 Å². The highest BCUT2D eigenvalue weighted by molar-refractivity contribution is 6.35. The zero-order chi connectivity index (χ0) is 14.8. The number of nitrogens with one attached hydrogen (secondary N) is 1. The van der Waals surface area contributed by atoms with Crippen LogP contribution in [-0.2, 0) is 16.1 Å². The molecule has 1 aromatic carbocycles. The standard InChI is InChI=1S/C14H14ClN3O3/c15-10-2-1-3-11-14(10)12(19)8-18(16-11)9-13(20)17-4-6-21-7-5-17/h1-3,8H,4-7,9H2/p+1. The number of nitrogens with zero attached hydrogens (tertiary/aromatic N) is 2. The molecule has 0 saturated carbocycles. The number of ether oxygens (including phenoxy) is 1. The van der Waals surface area contributed by atoms with Crippen LogP contribution in [0.4, 0.5) is 0 Å². The van der Waals surface area contributed by atoms with Gasteiger partial charge in [-0.2, -0.15) is 5.10 Å². The molecule has 0 spiro atoms. The number of morpholine rings is 1. The summed E-state index contributed by atoms with van der Waals surface area (Å²) in [5.41, 5.74) is 0.411. The maximum Gasteiger partial charge on any atom is 0.291 e. The lowest BCUT2D eigenvalue weighted by Crippen LogP contribution is -2.51. The van der Waals surface area contributed by atoms with Crippen molar-refractivity contribution in [1.29, 1.82) is 0 Å². The molecule has 6 nitrogen and oxygen atoms in total. The average molecular weight is 309 g/mol. The van der Waals surface area contributed by atoms with Crippen LogP contribution < -0.4 is 10.1 Å². The van der Waals surface area contributed by atoms with E-state index in [1.807, 2.05) is 0 Å². The predicted octanol–water partition coefficient (Wildman–Crippen LogP) is 0.328. The first-order chi connectivity index (χ1) is 10.1. The fourth-order valence-electron chi connectivity index (χ4n) is 2.40. The van der Waals surface area contributed by atoms with Crippen molar-refractivity contribution < 1.29 is 14.2 Å². The number of carbonyl (C=O) groups is 1. The number of benzene rings is 1. The number of hydrogen-bond donors (Lipinski definition) is 1. The van der Waals surface area contributed by atoms with Gasteiger partial charge in [-0.1, -0.05) is 17.7 Å². The van der Waals surface area contributed by atoms with Gasteiger partial charge in [-0.15, -0.1) is 4.68 Å². The summed E-state index contributed by atoms with van der Waals surface area (Å²) in [6.07, 6.45) is 1.37. The summed E-state index contributed by atoms with van der Waals surface area (Å²) in [5, 5.41) is 3.87. The molecule has 1 amide bonds. The highest BCUT2D eigenvalue weighted by Gasteiger charge is 2.21. The van der Waals surface area contributed by atoms with Gasteiger partial charge in [-0.3, -0.25) is 9.59 Å². The molecular weight excluding hydrogens is 294 g/mol. The van der Waals surface area contributed by atoms with Gasteiger partial charge in [0.05, 0.1) is 23.6 Å². The zero-order valence-corrected chi connectivity index (χ0v) is 12.1. The molecule has 0 aliphatic carbocycles. The molecule has 7 heteroatoms. The van der Waals surface area contributed by atoms with E-state index in [0.29, 0.717) is 42.2 Å². The third-order valence-electron chi connectivity index (χ3n) is 3.47. The van der Waals surface area contributed by atoms with Gasteiger partial charge in [0.1, 0.15) is 5.52 Å². The Morgan fingerprint density at radius 3 is 2.90 bits per heavy atom. The molecule has 1 aliphatic rings. The van der Waals surface area contributed by atoms with Crippen LogP contribution in [-0.4, -0.2) is 42.2 Å². The van der Waals surface area contributed by atoms with Gasteiger partial charge in [0.2, 0.25) is 12.7 Å². The summed E-state index contributed by atoms with van der Waals surface area (Å²) >= 11 is 6.02. The third-order valence-corrected chi connectivity index (χ3v) is 3.78. The van der Waals surface area contributed by atoms with Crippen molar-refractivity contribution in [2.75, 3.05) is 26.3 Å². The summed E-state index contributed by atoms with van der Waals surface area (Å²) in [6.45, 7) is 2.38. The fraction of sp³-hybridized carbons (Fsp3) is 0.357. The number of aromatic amines is 1. The molecule has 0 atom stereocenters. The SMILES string of the molecule is O=C(C[n+]1cc(=O)c2c(Cl)cccc2[nH]1)N1CCOCC1. The van der Waals surface area contributed by atoms with Crippen LogP contribution in [0.5, 0.6) is 0 Å². The van der Waals surface area contributed by atoms with E-state index in [4.69, 9.17) is 16.3 Å². The van der Waals surface area contributed by atoms with Crippen molar-refractivity contribution in [3.8, 4) is 0 Å². The number of hydrogen-bond acceptors (Lipinski definition) is 3. The molecule has 1 aromatic heterocycles. The summed E-state index contributed by atoms with van der Waals surface area (Å²) in [7, 11) is 0. The lowest BCUT2D eigenvalue weighted by atomic mass is 10.2. The van der Waals surface area contributed by atoms with E-state index in [-0.39, 0.29) is 17.9 Å². The number of H-pyrrole nitrogens is 1. The largest absolute Gasteiger partial charge is 0.378 e. The second kappa shape index (κ2) is 5.83. The van der Waals surface area contributed by atoms with E-state index in [0.717, 1.165) is 0 Å². The van der Waals surface area contributed by atoms with Gasteiger partial charge in [0.15, 0.2) is 0 Å². The molecule has 1 fully saturated rings. The molecule has 1 N–H and O–H groups in total. The highest BCUT2D eigenvalue weighted by Crippen LogP contribution is 2.16. The van der Waals surface area contributed by atoms with E-state index >= 15 is 0 Å². The minimum Gasteiger partial charge on any atom is -0.378 e. The predicted molar refractivity (Wildman–Crippen MR) is 77.2 cm³/mol. The lowest BCUT2D eigenvalue weighted by molar-refractivity contribution is -0.741. The number of aromatic nitrogens is 2. The second-order valence-corrected chi connectivity index (χ2v) is 5.30. The van der Waals surface area contributed by atoms with Gasteiger partial charge >= 0.3 is 0 Å². The molecule has 2 aromatic rings. The van der Waals surface area contributed by atoms with Crippen molar-refractivity contribution in [3.63, 3.8) is 0 Å². The topological polar surface area (TPSA) is 66.3 Å². The van der Waals surface area contributed by atoms with Crippen molar-refractivity contribution in [1.82, 2.24) is 10.00 Å². The Labute approximate surface area is 125 Å². The molecule has 3 rings (SSSR count). The Balaban J connectivity index is 1.87. The number of halogens is 1. The summed E-state index contributed by atoms with van der Waals surface area (Å²) in [4.78, 5) is 26.0. The van der Waals surface area contributed by atoms with Crippen LogP contribution in [0.15, 0.2) is 29.2 Å². The van der Waals surface area contributed by atoms with E-state index < -0.39 is 0 Å². The lowest BCUT2D eigenvalue weighted by Gasteiger charge is -2.25. The number of amides is 1. The highest BCUT2D eigenvalue weighted by atomic mass is 35.5. The van der Waals surface area contributed by atoms with E-state index in [1.54, 1.807) is 23.1 Å². The average Bonchev–Trinajstić information content (AvgIpc) is 2.48. The normalized spacial score (nSPS) is 15.4. The van der Waals surface area contributed by atoms with E-state index in [2.05, 4.69) is 5.10 Å². The van der Waals surface area contributed by atoms with Gasteiger partial charge in [-0.05, 0) is 12.1 Å². The number of fused-ring (bicyclic) bond motifs is 1. The van der Waals surface area contributed by atoms with E-state index in [9.17, 15) is 9.59 Å². The monoisotopic (exact) mass is 308 g/mol. The number of rotatable bonds is 2. The fourth-order valence-corrected chi connectivity index (χ4v) is 2.67. The van der Waals surface area contributed by atoms with Crippen molar-refractivity contribution in [2.24, 2.45) is 0 Å². The van der Waals surface area contributed by atoms with E-state index in [1.165, 1.54) is 10.9 Å². The van der Waals surface area contributed by atoms with Crippen LogP contribution in [0.2, 0.25) is 5.02 Å². The van der Waals surface area contributed by atoms with Gasteiger partial charge in [0.25, 0.3) is 11.3 Å². The molecular formula is C14H15ClN3O3+. The molecule has 1 saturated heterocycles. The van der Waals surface area contributed by atoms with Crippen LogP contribution in [0.1, 0.15) is 0 Å². The van der Waals surface area contributed by atoms with Crippen molar-refractivity contribution in [2.45, 2.75) is 6.54 Å².